The molecule has 4 heteroatoms. The maximum atomic E-state index is 5.54. The second kappa shape index (κ2) is 4.05. The van der Waals surface area contributed by atoms with Crippen LogP contribution in [0.15, 0.2) is 16.7 Å². The molecular weight excluding hydrogens is 179 g/mol. The van der Waals surface area contributed by atoms with Crippen LogP contribution in [0.3, 0.4) is 0 Å². The summed E-state index contributed by atoms with van der Waals surface area (Å²) in [7, 11) is 5.54. The smallest absolute Gasteiger partial charge is 0.115 e. The first kappa shape index (κ1) is 10.4. The van der Waals surface area contributed by atoms with E-state index < -0.39 is 0 Å². The number of nitrogens with one attached hydrogen (secondary N) is 1. The van der Waals surface area contributed by atoms with E-state index in [1.807, 2.05) is 6.07 Å². The van der Waals surface area contributed by atoms with E-state index in [0.717, 1.165) is 11.2 Å². The highest BCUT2D eigenvalue weighted by molar-refractivity contribution is 7.99. The molecule has 0 aliphatic heterocycles. The lowest BCUT2D eigenvalue weighted by Crippen LogP contribution is -2.05. The summed E-state index contributed by atoms with van der Waals surface area (Å²) < 4.78 is 4.39. The normalized spacial score (nSPS) is 12.5. The largest absolute Gasteiger partial charge is 0.361 e. The Bertz CT molecular complexity index is 299. The van der Waals surface area contributed by atoms with Crippen LogP contribution in [0.4, 0.5) is 0 Å². The van der Waals surface area contributed by atoms with Crippen molar-refractivity contribution in [2.75, 3.05) is 0 Å². The summed E-state index contributed by atoms with van der Waals surface area (Å²) in [5, 5.41) is 0. The number of hydrogen-bond donors (Lipinski definition) is 1. The molecule has 0 amide bonds. The molecule has 1 aromatic rings. The number of rotatable bonds is 2. The van der Waals surface area contributed by atoms with Crippen LogP contribution >= 0.6 is 11.9 Å². The topological polar surface area (TPSA) is 28.1 Å². The van der Waals surface area contributed by atoms with Gasteiger partial charge in [0.15, 0.2) is 0 Å². The minimum absolute atomic E-state index is 0.161. The quantitative estimate of drug-likeness (QED) is 0.431. The lowest BCUT2D eigenvalue weighted by molar-refractivity contribution is 0.804. The van der Waals surface area contributed by atoms with Gasteiger partial charge in [-0.3, -0.25) is 0 Å². The van der Waals surface area contributed by atoms with Gasteiger partial charge >= 0.3 is 0 Å². The number of aromatic nitrogens is 1. The van der Waals surface area contributed by atoms with E-state index in [2.05, 4.69) is 30.2 Å². The SMILES string of the molecule is [B]c1c[nH]c(/C=N/SC(C)(C)C)c1. The van der Waals surface area contributed by atoms with Crippen LogP contribution in [0.2, 0.25) is 0 Å². The summed E-state index contributed by atoms with van der Waals surface area (Å²) in [5.74, 6) is 0. The van der Waals surface area contributed by atoms with Gasteiger partial charge in [-0.15, -0.1) is 0 Å². The fraction of sp³-hybridized carbons (Fsp3) is 0.444. The van der Waals surface area contributed by atoms with E-state index in [1.54, 1.807) is 24.4 Å². The Kier molecular flexibility index (Phi) is 3.25. The van der Waals surface area contributed by atoms with Crippen molar-refractivity contribution in [3.05, 3.63) is 18.0 Å². The van der Waals surface area contributed by atoms with Gasteiger partial charge < -0.3 is 4.98 Å². The van der Waals surface area contributed by atoms with E-state index in [4.69, 9.17) is 7.85 Å². The van der Waals surface area contributed by atoms with Crippen molar-refractivity contribution in [2.45, 2.75) is 25.5 Å². The van der Waals surface area contributed by atoms with Crippen LogP contribution in [0.25, 0.3) is 0 Å². The van der Waals surface area contributed by atoms with Gasteiger partial charge in [-0.05, 0) is 45.0 Å². The first-order valence-electron chi connectivity index (χ1n) is 4.13. The molecule has 0 unspecified atom stereocenters. The van der Waals surface area contributed by atoms with E-state index in [1.165, 1.54) is 0 Å². The van der Waals surface area contributed by atoms with Crippen molar-refractivity contribution in [3.8, 4) is 0 Å². The number of hydrogen-bond acceptors (Lipinski definition) is 2. The van der Waals surface area contributed by atoms with Gasteiger partial charge in [-0.1, -0.05) is 5.46 Å². The average molecular weight is 192 g/mol. The molecular formula is C9H13BN2S. The molecule has 0 aliphatic carbocycles. The third-order valence-electron chi connectivity index (χ3n) is 1.25. The van der Waals surface area contributed by atoms with Crippen molar-refractivity contribution < 1.29 is 0 Å². The predicted octanol–water partition coefficient (Wildman–Crippen LogP) is 1.67. The highest BCUT2D eigenvalue weighted by Gasteiger charge is 2.08. The third-order valence-corrected chi connectivity index (χ3v) is 2.00. The molecule has 68 valence electrons. The Morgan fingerprint density at radius 1 is 1.54 bits per heavy atom. The zero-order valence-corrected chi connectivity index (χ0v) is 8.98. The molecule has 0 fully saturated rings. The average Bonchev–Trinajstić information content (AvgIpc) is 2.33. The van der Waals surface area contributed by atoms with Gasteiger partial charge in [-0.25, -0.2) is 4.40 Å². The maximum Gasteiger partial charge on any atom is 0.115 e. The van der Waals surface area contributed by atoms with Crippen LogP contribution in [0.5, 0.6) is 0 Å². The zero-order valence-electron chi connectivity index (χ0n) is 8.16. The molecule has 0 bridgehead atoms. The lowest BCUT2D eigenvalue weighted by Gasteiger charge is -2.11. The van der Waals surface area contributed by atoms with Gasteiger partial charge in [0.25, 0.3) is 0 Å². The molecule has 2 radical (unpaired) electrons. The molecule has 0 spiro atoms. The molecule has 2 nitrogen and oxygen atoms in total. The molecule has 0 saturated carbocycles. The third kappa shape index (κ3) is 4.22. The van der Waals surface area contributed by atoms with Crippen LogP contribution in [-0.4, -0.2) is 23.8 Å². The van der Waals surface area contributed by atoms with E-state index >= 15 is 0 Å². The second-order valence-electron chi connectivity index (χ2n) is 3.83. The van der Waals surface area contributed by atoms with Crippen molar-refractivity contribution in [1.82, 2.24) is 4.98 Å². The van der Waals surface area contributed by atoms with Crippen molar-refractivity contribution >= 4 is 31.5 Å². The van der Waals surface area contributed by atoms with Crippen LogP contribution < -0.4 is 5.46 Å². The highest BCUT2D eigenvalue weighted by Crippen LogP contribution is 2.23. The highest BCUT2D eigenvalue weighted by atomic mass is 32.2. The lowest BCUT2D eigenvalue weighted by atomic mass is 10.0. The summed E-state index contributed by atoms with van der Waals surface area (Å²) in [5.41, 5.74) is 1.68. The maximum absolute atomic E-state index is 5.54. The van der Waals surface area contributed by atoms with E-state index in [-0.39, 0.29) is 4.75 Å². The van der Waals surface area contributed by atoms with Crippen molar-refractivity contribution in [1.29, 1.82) is 0 Å². The fourth-order valence-electron chi connectivity index (χ4n) is 0.745. The standard InChI is InChI=1S/C9H13BN2S/c1-9(2,3)13-12-6-8-4-7(10)5-11-8/h4-6,11H,1-3H3/b12-6+. The van der Waals surface area contributed by atoms with Gasteiger partial charge in [0, 0.05) is 4.75 Å². The second-order valence-corrected chi connectivity index (χ2v) is 5.44. The summed E-state index contributed by atoms with van der Waals surface area (Å²) in [6.45, 7) is 6.37. The number of aromatic amines is 1. The summed E-state index contributed by atoms with van der Waals surface area (Å²) >= 11 is 1.55. The van der Waals surface area contributed by atoms with E-state index in [9.17, 15) is 0 Å². The molecule has 1 rings (SSSR count). The van der Waals surface area contributed by atoms with Crippen LogP contribution in [-0.2, 0) is 0 Å². The Morgan fingerprint density at radius 3 is 2.69 bits per heavy atom. The Hall–Kier alpha value is -0.635. The molecule has 0 atom stereocenters. The number of nitrogens with zero attached hydrogens (tertiary/aromatic N) is 1. The summed E-state index contributed by atoms with van der Waals surface area (Å²) in [6.07, 6.45) is 3.54. The number of H-pyrrole nitrogens is 1. The van der Waals surface area contributed by atoms with Gasteiger partial charge in [0.05, 0.1) is 11.9 Å². The Labute approximate surface area is 84.8 Å². The van der Waals surface area contributed by atoms with Gasteiger partial charge in [0.2, 0.25) is 0 Å². The summed E-state index contributed by atoms with van der Waals surface area (Å²) in [6, 6.07) is 1.85. The molecule has 13 heavy (non-hydrogen) atoms. The van der Waals surface area contributed by atoms with Crippen LogP contribution in [0.1, 0.15) is 26.5 Å². The molecule has 0 saturated heterocycles. The minimum atomic E-state index is 0.161. The molecule has 1 aromatic heterocycles. The van der Waals surface area contributed by atoms with Gasteiger partial charge in [0.1, 0.15) is 7.85 Å². The Balaban J connectivity index is 2.50. The predicted molar refractivity (Wildman–Crippen MR) is 61.1 cm³/mol. The van der Waals surface area contributed by atoms with Crippen molar-refractivity contribution in [2.24, 2.45) is 4.40 Å². The first-order valence-corrected chi connectivity index (χ1v) is 4.90. The minimum Gasteiger partial charge on any atom is -0.361 e. The van der Waals surface area contributed by atoms with Crippen LogP contribution in [0, 0.1) is 0 Å². The monoisotopic (exact) mass is 192 g/mol. The van der Waals surface area contributed by atoms with Crippen molar-refractivity contribution in [3.63, 3.8) is 0 Å². The Morgan fingerprint density at radius 2 is 2.23 bits per heavy atom. The first-order chi connectivity index (χ1) is 5.97. The zero-order chi connectivity index (χ0) is 9.90. The fourth-order valence-corrected chi connectivity index (χ4v) is 1.23. The van der Waals surface area contributed by atoms with E-state index in [0.29, 0.717) is 0 Å². The molecule has 0 aliphatic rings. The molecule has 1 N–H and O–H groups in total. The molecule has 1 heterocycles. The van der Waals surface area contributed by atoms with Gasteiger partial charge in [-0.2, -0.15) is 0 Å². The molecule has 0 aromatic carbocycles. The summed E-state index contributed by atoms with van der Waals surface area (Å²) in [4.78, 5) is 3.00.